The van der Waals surface area contributed by atoms with Crippen LogP contribution in [0.4, 0.5) is 0 Å². The van der Waals surface area contributed by atoms with Crippen molar-refractivity contribution in [3.8, 4) is 5.75 Å². The lowest BCUT2D eigenvalue weighted by Gasteiger charge is -2.26. The summed E-state index contributed by atoms with van der Waals surface area (Å²) in [5.74, 6) is -1.40. The number of ketones is 1. The van der Waals surface area contributed by atoms with Crippen molar-refractivity contribution >= 4 is 17.4 Å². The summed E-state index contributed by atoms with van der Waals surface area (Å²) in [6.45, 7) is 4.67. The Morgan fingerprint density at radius 3 is 2.34 bits per heavy atom. The molecule has 1 amide bonds. The second-order valence-corrected chi connectivity index (χ2v) is 7.71. The van der Waals surface area contributed by atoms with E-state index in [0.717, 1.165) is 11.1 Å². The highest BCUT2D eigenvalue weighted by atomic mass is 16.3. The smallest absolute Gasteiger partial charge is 0.295 e. The maximum absolute atomic E-state index is 13.0. The van der Waals surface area contributed by atoms with Gasteiger partial charge in [-0.15, -0.1) is 0 Å². The Morgan fingerprint density at radius 2 is 1.72 bits per heavy atom. The fraction of sp³-hybridized carbons (Fsp3) is 0.304. The minimum Gasteiger partial charge on any atom is -0.508 e. The van der Waals surface area contributed by atoms with E-state index in [4.69, 9.17) is 0 Å². The molecule has 0 bridgehead atoms. The molecule has 3 rings (SSSR count). The quantitative estimate of drug-likeness (QED) is 0.463. The standard InChI is InChI=1S/C23H26N2O4/c1-14-5-6-15(2)18(13-14)21(27)19-20(16-7-9-17(26)10-8-16)25(12-11-24(3)4)23(29)22(19)28/h5-10,13,20,26-27H,11-12H2,1-4H3/t20-/m0/s1. The lowest BCUT2D eigenvalue weighted by molar-refractivity contribution is -0.140. The molecule has 1 aliphatic heterocycles. The molecule has 29 heavy (non-hydrogen) atoms. The van der Waals surface area contributed by atoms with Crippen LogP contribution < -0.4 is 0 Å². The average molecular weight is 394 g/mol. The Labute approximate surface area is 170 Å². The molecule has 0 aliphatic carbocycles. The third kappa shape index (κ3) is 4.03. The highest BCUT2D eigenvalue weighted by molar-refractivity contribution is 6.46. The van der Waals surface area contributed by atoms with E-state index in [9.17, 15) is 19.8 Å². The van der Waals surface area contributed by atoms with E-state index in [1.165, 1.54) is 17.0 Å². The number of aliphatic hydroxyl groups excluding tert-OH is 1. The molecule has 2 aromatic rings. The second kappa shape index (κ2) is 8.09. The number of amides is 1. The van der Waals surface area contributed by atoms with Gasteiger partial charge in [0.2, 0.25) is 0 Å². The molecular formula is C23H26N2O4. The van der Waals surface area contributed by atoms with Crippen LogP contribution >= 0.6 is 0 Å². The first-order valence-corrected chi connectivity index (χ1v) is 9.50. The van der Waals surface area contributed by atoms with Gasteiger partial charge < -0.3 is 20.0 Å². The Balaban J connectivity index is 2.19. The first-order valence-electron chi connectivity index (χ1n) is 9.50. The number of likely N-dealkylation sites (N-methyl/N-ethyl adjacent to an activating group) is 1. The van der Waals surface area contributed by atoms with Crippen LogP contribution in [0.15, 0.2) is 48.0 Å². The van der Waals surface area contributed by atoms with Gasteiger partial charge in [-0.25, -0.2) is 0 Å². The monoisotopic (exact) mass is 394 g/mol. The maximum atomic E-state index is 13.0. The third-order valence-corrected chi connectivity index (χ3v) is 5.19. The number of likely N-dealkylation sites (tertiary alicyclic amines) is 1. The van der Waals surface area contributed by atoms with Crippen molar-refractivity contribution in [2.24, 2.45) is 0 Å². The van der Waals surface area contributed by atoms with Gasteiger partial charge in [0.25, 0.3) is 11.7 Å². The van der Waals surface area contributed by atoms with E-state index < -0.39 is 17.7 Å². The third-order valence-electron chi connectivity index (χ3n) is 5.19. The van der Waals surface area contributed by atoms with Crippen molar-refractivity contribution in [1.29, 1.82) is 0 Å². The molecule has 1 saturated heterocycles. The van der Waals surface area contributed by atoms with Crippen molar-refractivity contribution in [3.05, 3.63) is 70.3 Å². The van der Waals surface area contributed by atoms with Crippen LogP contribution in [0.3, 0.4) is 0 Å². The van der Waals surface area contributed by atoms with E-state index in [1.807, 2.05) is 51.0 Å². The molecule has 2 N–H and O–H groups in total. The average Bonchev–Trinajstić information content (AvgIpc) is 2.93. The molecule has 6 nitrogen and oxygen atoms in total. The molecule has 0 radical (unpaired) electrons. The zero-order chi connectivity index (χ0) is 21.3. The number of carbonyl (C=O) groups is 2. The van der Waals surface area contributed by atoms with Gasteiger partial charge in [-0.2, -0.15) is 0 Å². The Hall–Kier alpha value is -3.12. The Bertz CT molecular complexity index is 977. The number of carbonyl (C=O) groups excluding carboxylic acids is 2. The fourth-order valence-corrected chi connectivity index (χ4v) is 3.56. The summed E-state index contributed by atoms with van der Waals surface area (Å²) in [6, 6.07) is 11.3. The number of hydrogen-bond acceptors (Lipinski definition) is 5. The number of aliphatic hydroxyl groups is 1. The minimum absolute atomic E-state index is 0.0770. The predicted octanol–water partition coefficient (Wildman–Crippen LogP) is 2.99. The molecule has 0 unspecified atom stereocenters. The molecule has 0 saturated carbocycles. The van der Waals surface area contributed by atoms with Crippen molar-refractivity contribution in [2.45, 2.75) is 19.9 Å². The first kappa shape index (κ1) is 20.6. The van der Waals surface area contributed by atoms with Crippen LogP contribution in [0, 0.1) is 13.8 Å². The number of phenolic OH excluding ortho intramolecular Hbond substituents is 1. The summed E-state index contributed by atoms with van der Waals surface area (Å²) in [7, 11) is 3.78. The summed E-state index contributed by atoms with van der Waals surface area (Å²) < 4.78 is 0. The normalized spacial score (nSPS) is 18.7. The van der Waals surface area contributed by atoms with Crippen LogP contribution in [-0.4, -0.2) is 58.9 Å². The van der Waals surface area contributed by atoms with Gasteiger partial charge in [-0.3, -0.25) is 9.59 Å². The Morgan fingerprint density at radius 1 is 1.07 bits per heavy atom. The number of aromatic hydroxyl groups is 1. The van der Waals surface area contributed by atoms with Crippen LogP contribution in [-0.2, 0) is 9.59 Å². The number of phenols is 1. The number of Topliss-reactive ketones (excluding diaryl/α,β-unsaturated/α-hetero) is 1. The molecule has 2 aromatic carbocycles. The summed E-state index contributed by atoms with van der Waals surface area (Å²) >= 11 is 0. The molecule has 1 heterocycles. The van der Waals surface area contributed by atoms with Crippen LogP contribution in [0.25, 0.3) is 5.76 Å². The lowest BCUT2D eigenvalue weighted by atomic mass is 9.93. The molecule has 0 aromatic heterocycles. The zero-order valence-electron chi connectivity index (χ0n) is 17.1. The van der Waals surface area contributed by atoms with Gasteiger partial charge in [-0.1, -0.05) is 29.8 Å². The maximum Gasteiger partial charge on any atom is 0.295 e. The molecule has 152 valence electrons. The predicted molar refractivity (Wildman–Crippen MR) is 112 cm³/mol. The summed E-state index contributed by atoms with van der Waals surface area (Å²) in [5.41, 5.74) is 3.04. The van der Waals surface area contributed by atoms with Gasteiger partial charge in [0, 0.05) is 18.7 Å². The minimum atomic E-state index is -0.713. The van der Waals surface area contributed by atoms with Gasteiger partial charge in [0.05, 0.1) is 11.6 Å². The largest absolute Gasteiger partial charge is 0.508 e. The fourth-order valence-electron chi connectivity index (χ4n) is 3.56. The first-order chi connectivity index (χ1) is 13.7. The molecular weight excluding hydrogens is 368 g/mol. The molecule has 0 spiro atoms. The summed E-state index contributed by atoms with van der Waals surface area (Å²) in [4.78, 5) is 29.2. The van der Waals surface area contributed by atoms with Crippen molar-refractivity contribution in [2.75, 3.05) is 27.2 Å². The summed E-state index contributed by atoms with van der Waals surface area (Å²) in [6.07, 6.45) is 0. The van der Waals surface area contributed by atoms with E-state index in [0.29, 0.717) is 24.2 Å². The number of hydrogen-bond donors (Lipinski definition) is 2. The van der Waals surface area contributed by atoms with Gasteiger partial charge in [-0.05, 0) is 57.3 Å². The SMILES string of the molecule is Cc1ccc(C)c(C(O)=C2C(=O)C(=O)N(CCN(C)C)[C@H]2c2ccc(O)cc2)c1. The van der Waals surface area contributed by atoms with Gasteiger partial charge in [0.15, 0.2) is 0 Å². The number of aryl methyl sites for hydroxylation is 2. The van der Waals surface area contributed by atoms with Crippen LogP contribution in [0.2, 0.25) is 0 Å². The topological polar surface area (TPSA) is 81.1 Å². The van der Waals surface area contributed by atoms with Crippen molar-refractivity contribution in [1.82, 2.24) is 9.80 Å². The van der Waals surface area contributed by atoms with E-state index in [-0.39, 0.29) is 17.1 Å². The van der Waals surface area contributed by atoms with E-state index in [2.05, 4.69) is 0 Å². The van der Waals surface area contributed by atoms with Crippen molar-refractivity contribution in [3.63, 3.8) is 0 Å². The molecule has 6 heteroatoms. The lowest BCUT2D eigenvalue weighted by Crippen LogP contribution is -2.35. The highest BCUT2D eigenvalue weighted by Crippen LogP contribution is 2.40. The van der Waals surface area contributed by atoms with Crippen LogP contribution in [0.5, 0.6) is 5.75 Å². The van der Waals surface area contributed by atoms with Crippen LogP contribution in [0.1, 0.15) is 28.3 Å². The second-order valence-electron chi connectivity index (χ2n) is 7.71. The highest BCUT2D eigenvalue weighted by Gasteiger charge is 2.46. The van der Waals surface area contributed by atoms with Gasteiger partial charge in [0.1, 0.15) is 11.5 Å². The zero-order valence-corrected chi connectivity index (χ0v) is 17.1. The molecule has 1 fully saturated rings. The van der Waals surface area contributed by atoms with Gasteiger partial charge >= 0.3 is 0 Å². The van der Waals surface area contributed by atoms with E-state index >= 15 is 0 Å². The van der Waals surface area contributed by atoms with Crippen molar-refractivity contribution < 1.29 is 19.8 Å². The van der Waals surface area contributed by atoms with E-state index in [1.54, 1.807) is 12.1 Å². The number of nitrogens with zero attached hydrogens (tertiary/aromatic N) is 2. The summed E-state index contributed by atoms with van der Waals surface area (Å²) in [5, 5.41) is 20.8. The molecule has 1 atom stereocenters. The number of benzene rings is 2. The molecule has 1 aliphatic rings. The Kier molecular flexibility index (Phi) is 5.75. The number of rotatable bonds is 5.